The van der Waals surface area contributed by atoms with Crippen molar-refractivity contribution in [3.8, 4) is 6.07 Å². The number of anilines is 1. The first-order valence-corrected chi connectivity index (χ1v) is 5.87. The summed E-state index contributed by atoms with van der Waals surface area (Å²) in [6.45, 7) is 3.02. The van der Waals surface area contributed by atoms with Gasteiger partial charge in [0.1, 0.15) is 6.07 Å². The van der Waals surface area contributed by atoms with Crippen molar-refractivity contribution in [3.05, 3.63) is 18.1 Å². The first kappa shape index (κ1) is 13.4. The Bertz CT molecular complexity index is 369. The van der Waals surface area contributed by atoms with Crippen molar-refractivity contribution in [2.24, 2.45) is 5.92 Å². The topological polar surface area (TPSA) is 81.8 Å². The molecule has 0 spiro atoms. The van der Waals surface area contributed by atoms with Crippen LogP contribution in [0.25, 0.3) is 0 Å². The van der Waals surface area contributed by atoms with E-state index in [0.717, 1.165) is 19.3 Å². The number of hydrogen-bond donors (Lipinski definition) is 2. The van der Waals surface area contributed by atoms with E-state index in [-0.39, 0.29) is 6.61 Å². The summed E-state index contributed by atoms with van der Waals surface area (Å²) < 4.78 is 0. The van der Waals surface area contributed by atoms with E-state index >= 15 is 0 Å². The fourth-order valence-corrected chi connectivity index (χ4v) is 1.73. The maximum absolute atomic E-state index is 8.95. The first-order valence-electron chi connectivity index (χ1n) is 5.87. The molecule has 17 heavy (non-hydrogen) atoms. The number of nitrogens with zero attached hydrogens (tertiary/aromatic N) is 3. The molecule has 1 heterocycles. The summed E-state index contributed by atoms with van der Waals surface area (Å²) in [5.41, 5.74) is 0.312. The second kappa shape index (κ2) is 7.58. The zero-order valence-corrected chi connectivity index (χ0v) is 10.1. The molecule has 2 N–H and O–H groups in total. The van der Waals surface area contributed by atoms with Crippen molar-refractivity contribution in [1.29, 1.82) is 5.26 Å². The second-order valence-electron chi connectivity index (χ2n) is 3.91. The van der Waals surface area contributed by atoms with Crippen LogP contribution < -0.4 is 5.32 Å². The highest BCUT2D eigenvalue weighted by Crippen LogP contribution is 2.13. The van der Waals surface area contributed by atoms with Crippen molar-refractivity contribution in [2.45, 2.75) is 26.2 Å². The molecule has 0 saturated heterocycles. The summed E-state index contributed by atoms with van der Waals surface area (Å²) in [5, 5.41) is 20.9. The molecular formula is C12H18N4O. The molecule has 0 aliphatic carbocycles. The average Bonchev–Trinajstić information content (AvgIpc) is 2.37. The lowest BCUT2D eigenvalue weighted by Crippen LogP contribution is -2.17. The fraction of sp³-hybridized carbons (Fsp3) is 0.583. The molecule has 1 atom stereocenters. The summed E-state index contributed by atoms with van der Waals surface area (Å²) in [5.74, 6) is 0.924. The van der Waals surface area contributed by atoms with Gasteiger partial charge in [-0.25, -0.2) is 9.97 Å². The third-order valence-electron chi connectivity index (χ3n) is 2.60. The molecule has 5 nitrogen and oxygen atoms in total. The Kier molecular flexibility index (Phi) is 5.97. The molecule has 92 valence electrons. The van der Waals surface area contributed by atoms with Gasteiger partial charge in [0.2, 0.25) is 0 Å². The minimum Gasteiger partial charge on any atom is -0.396 e. The van der Waals surface area contributed by atoms with Crippen LogP contribution in [0.5, 0.6) is 0 Å². The van der Waals surface area contributed by atoms with Crippen molar-refractivity contribution in [3.63, 3.8) is 0 Å². The number of aromatic nitrogens is 2. The lowest BCUT2D eigenvalue weighted by molar-refractivity contribution is 0.255. The van der Waals surface area contributed by atoms with Crippen LogP contribution in [0.1, 0.15) is 31.9 Å². The Morgan fingerprint density at radius 1 is 1.41 bits per heavy atom. The number of aliphatic hydroxyl groups excluding tert-OH is 1. The lowest BCUT2D eigenvalue weighted by Gasteiger charge is -2.16. The van der Waals surface area contributed by atoms with Gasteiger partial charge in [-0.05, 0) is 18.8 Å². The third kappa shape index (κ3) is 4.37. The molecule has 0 bridgehead atoms. The molecule has 0 aliphatic heterocycles. The van der Waals surface area contributed by atoms with E-state index in [9.17, 15) is 0 Å². The summed E-state index contributed by atoms with van der Waals surface area (Å²) in [6, 6.07) is 2.00. The van der Waals surface area contributed by atoms with E-state index in [2.05, 4.69) is 22.2 Å². The van der Waals surface area contributed by atoms with Gasteiger partial charge in [0.25, 0.3) is 0 Å². The number of rotatable bonds is 7. The average molecular weight is 234 g/mol. The van der Waals surface area contributed by atoms with Crippen molar-refractivity contribution >= 4 is 5.82 Å². The molecular weight excluding hydrogens is 216 g/mol. The Morgan fingerprint density at radius 3 is 2.82 bits per heavy atom. The third-order valence-corrected chi connectivity index (χ3v) is 2.60. The molecule has 0 amide bonds. The first-order chi connectivity index (χ1) is 8.31. The Hall–Kier alpha value is -1.67. The molecule has 0 fully saturated rings. The van der Waals surface area contributed by atoms with Gasteiger partial charge in [-0.2, -0.15) is 5.26 Å². The number of nitriles is 1. The van der Waals surface area contributed by atoms with Crippen molar-refractivity contribution in [2.75, 3.05) is 18.5 Å². The maximum Gasteiger partial charge on any atom is 0.182 e. The Labute approximate surface area is 102 Å². The summed E-state index contributed by atoms with van der Waals surface area (Å²) in [4.78, 5) is 8.01. The Balaban J connectivity index is 2.56. The molecule has 1 unspecified atom stereocenters. The van der Waals surface area contributed by atoms with E-state index < -0.39 is 0 Å². The highest BCUT2D eigenvalue weighted by atomic mass is 16.3. The highest BCUT2D eigenvalue weighted by molar-refractivity contribution is 5.46. The predicted octanol–water partition coefficient (Wildman–Crippen LogP) is 1.56. The molecule has 0 saturated carbocycles. The minimum atomic E-state index is 0.192. The zero-order chi connectivity index (χ0) is 12.5. The summed E-state index contributed by atoms with van der Waals surface area (Å²) >= 11 is 0. The van der Waals surface area contributed by atoms with Gasteiger partial charge in [0.15, 0.2) is 11.5 Å². The van der Waals surface area contributed by atoms with Crippen LogP contribution in [-0.2, 0) is 0 Å². The monoisotopic (exact) mass is 234 g/mol. The smallest absolute Gasteiger partial charge is 0.182 e. The number of hydrogen-bond acceptors (Lipinski definition) is 5. The zero-order valence-electron chi connectivity index (χ0n) is 10.1. The van der Waals surface area contributed by atoms with Gasteiger partial charge >= 0.3 is 0 Å². The van der Waals surface area contributed by atoms with E-state index in [1.54, 1.807) is 6.20 Å². The fourth-order valence-electron chi connectivity index (χ4n) is 1.73. The quantitative estimate of drug-likeness (QED) is 0.748. The van der Waals surface area contributed by atoms with Crippen LogP contribution in [0.3, 0.4) is 0 Å². The van der Waals surface area contributed by atoms with E-state index in [4.69, 9.17) is 10.4 Å². The standard InChI is InChI=1S/C12H18N4O/c1-2-3-10(4-7-17)9-16-12-11(8-13)14-5-6-15-12/h5-6,10,17H,2-4,7,9H2,1H3,(H,15,16). The van der Waals surface area contributed by atoms with Gasteiger partial charge in [-0.15, -0.1) is 0 Å². The van der Waals surface area contributed by atoms with Crippen LogP contribution >= 0.6 is 0 Å². The largest absolute Gasteiger partial charge is 0.396 e. The molecule has 1 aromatic heterocycles. The van der Waals surface area contributed by atoms with Gasteiger partial charge < -0.3 is 10.4 Å². The molecule has 0 aromatic carbocycles. The molecule has 1 rings (SSSR count). The Morgan fingerprint density at radius 2 is 2.18 bits per heavy atom. The molecule has 0 radical (unpaired) electrons. The van der Waals surface area contributed by atoms with Gasteiger partial charge in [0.05, 0.1) is 0 Å². The van der Waals surface area contributed by atoms with E-state index in [1.807, 2.05) is 6.07 Å². The SMILES string of the molecule is CCCC(CCO)CNc1nccnc1C#N. The normalized spacial score (nSPS) is 11.8. The summed E-state index contributed by atoms with van der Waals surface area (Å²) in [7, 11) is 0. The van der Waals surface area contributed by atoms with Crippen LogP contribution in [0, 0.1) is 17.2 Å². The number of nitrogens with one attached hydrogen (secondary N) is 1. The number of aliphatic hydroxyl groups is 1. The molecule has 5 heteroatoms. The maximum atomic E-state index is 8.95. The van der Waals surface area contributed by atoms with Crippen LogP contribution in [0.2, 0.25) is 0 Å². The van der Waals surface area contributed by atoms with E-state index in [1.165, 1.54) is 6.20 Å². The summed E-state index contributed by atoms with van der Waals surface area (Å²) in [6.07, 6.45) is 5.96. The van der Waals surface area contributed by atoms with Crippen molar-refractivity contribution in [1.82, 2.24) is 9.97 Å². The minimum absolute atomic E-state index is 0.192. The second-order valence-corrected chi connectivity index (χ2v) is 3.91. The molecule has 1 aromatic rings. The van der Waals surface area contributed by atoms with Crippen LogP contribution in [-0.4, -0.2) is 28.2 Å². The predicted molar refractivity (Wildman–Crippen MR) is 65.3 cm³/mol. The van der Waals surface area contributed by atoms with Crippen LogP contribution in [0.15, 0.2) is 12.4 Å². The van der Waals surface area contributed by atoms with E-state index in [0.29, 0.717) is 24.0 Å². The van der Waals surface area contributed by atoms with Gasteiger partial charge in [-0.3, -0.25) is 0 Å². The van der Waals surface area contributed by atoms with Crippen LogP contribution in [0.4, 0.5) is 5.82 Å². The lowest BCUT2D eigenvalue weighted by atomic mass is 10.0. The molecule has 0 aliphatic rings. The van der Waals surface area contributed by atoms with Gasteiger partial charge in [0, 0.05) is 25.5 Å². The van der Waals surface area contributed by atoms with Crippen molar-refractivity contribution < 1.29 is 5.11 Å². The highest BCUT2D eigenvalue weighted by Gasteiger charge is 2.09. The van der Waals surface area contributed by atoms with Gasteiger partial charge in [-0.1, -0.05) is 13.3 Å².